The molecule has 22 heavy (non-hydrogen) atoms. The van der Waals surface area contributed by atoms with Gasteiger partial charge in [-0.1, -0.05) is 6.07 Å². The number of nitriles is 2. The predicted molar refractivity (Wildman–Crippen MR) is 81.6 cm³/mol. The Balaban J connectivity index is 1.93. The van der Waals surface area contributed by atoms with Gasteiger partial charge in [0.25, 0.3) is 0 Å². The second kappa shape index (κ2) is 5.73. The number of rotatable bonds is 3. The fourth-order valence-electron chi connectivity index (χ4n) is 1.90. The summed E-state index contributed by atoms with van der Waals surface area (Å²) in [7, 11) is 0. The van der Waals surface area contributed by atoms with Crippen LogP contribution in [0, 0.1) is 22.7 Å². The zero-order valence-corrected chi connectivity index (χ0v) is 11.3. The van der Waals surface area contributed by atoms with Crippen LogP contribution in [0.3, 0.4) is 0 Å². The first kappa shape index (κ1) is 13.3. The molecule has 0 atom stereocenters. The maximum Gasteiger partial charge on any atom is 0.237 e. The van der Waals surface area contributed by atoms with Crippen molar-refractivity contribution in [3.05, 3.63) is 42.6 Å². The molecular weight excluding hydrogens is 278 g/mol. The normalized spacial score (nSPS) is 9.73. The van der Waals surface area contributed by atoms with Crippen LogP contribution in [0.5, 0.6) is 0 Å². The molecule has 2 N–H and O–H groups in total. The van der Waals surface area contributed by atoms with Gasteiger partial charge in [-0.2, -0.15) is 15.6 Å². The SMILES string of the molecule is N#CC(C#N)=NNc1ccc2nc(-c3ccccn3)[nH]c2c1. The van der Waals surface area contributed by atoms with E-state index >= 15 is 0 Å². The molecule has 7 heteroatoms. The van der Waals surface area contributed by atoms with E-state index in [0.717, 1.165) is 16.7 Å². The van der Waals surface area contributed by atoms with Crippen LogP contribution >= 0.6 is 0 Å². The highest BCUT2D eigenvalue weighted by atomic mass is 15.3. The molecule has 0 spiro atoms. The average molecular weight is 287 g/mol. The van der Waals surface area contributed by atoms with Crippen LogP contribution in [0.25, 0.3) is 22.6 Å². The largest absolute Gasteiger partial charge is 0.337 e. The summed E-state index contributed by atoms with van der Waals surface area (Å²) < 4.78 is 0. The van der Waals surface area contributed by atoms with E-state index in [9.17, 15) is 0 Å². The van der Waals surface area contributed by atoms with Crippen LogP contribution in [-0.2, 0) is 0 Å². The van der Waals surface area contributed by atoms with Gasteiger partial charge in [0.2, 0.25) is 5.71 Å². The summed E-state index contributed by atoms with van der Waals surface area (Å²) in [6, 6.07) is 14.3. The van der Waals surface area contributed by atoms with E-state index < -0.39 is 0 Å². The van der Waals surface area contributed by atoms with Gasteiger partial charge in [-0.15, -0.1) is 0 Å². The highest BCUT2D eigenvalue weighted by molar-refractivity contribution is 6.10. The van der Waals surface area contributed by atoms with Gasteiger partial charge in [0, 0.05) is 6.20 Å². The number of hydrazone groups is 1. The van der Waals surface area contributed by atoms with Crippen LogP contribution < -0.4 is 5.43 Å². The molecule has 3 rings (SSSR count). The summed E-state index contributed by atoms with van der Waals surface area (Å²) in [5.41, 5.74) is 5.42. The zero-order chi connectivity index (χ0) is 15.4. The molecule has 0 aliphatic heterocycles. The number of benzene rings is 1. The lowest BCUT2D eigenvalue weighted by molar-refractivity contribution is 1.24. The van der Waals surface area contributed by atoms with Gasteiger partial charge in [0.05, 0.1) is 16.7 Å². The number of pyridine rings is 1. The van der Waals surface area contributed by atoms with Crippen molar-refractivity contribution in [2.24, 2.45) is 5.10 Å². The van der Waals surface area contributed by atoms with E-state index in [1.54, 1.807) is 30.5 Å². The monoisotopic (exact) mass is 287 g/mol. The van der Waals surface area contributed by atoms with E-state index in [0.29, 0.717) is 11.5 Å². The number of nitrogens with one attached hydrogen (secondary N) is 2. The molecule has 0 bridgehead atoms. The Morgan fingerprint density at radius 1 is 1.18 bits per heavy atom. The van der Waals surface area contributed by atoms with Gasteiger partial charge >= 0.3 is 0 Å². The Morgan fingerprint density at radius 3 is 2.77 bits per heavy atom. The summed E-state index contributed by atoms with van der Waals surface area (Å²) in [5.74, 6) is 0.672. The molecule has 104 valence electrons. The Labute approximate surface area is 125 Å². The first-order chi connectivity index (χ1) is 10.8. The van der Waals surface area contributed by atoms with E-state index in [1.165, 1.54) is 0 Å². The summed E-state index contributed by atoms with van der Waals surface area (Å²) in [6.07, 6.45) is 1.70. The number of hydrogen-bond acceptors (Lipinski definition) is 6. The van der Waals surface area contributed by atoms with Crippen molar-refractivity contribution in [2.75, 3.05) is 5.43 Å². The van der Waals surface area contributed by atoms with Crippen molar-refractivity contribution in [1.29, 1.82) is 10.5 Å². The molecule has 2 aromatic heterocycles. The molecular formula is C15H9N7. The molecule has 0 amide bonds. The summed E-state index contributed by atoms with van der Waals surface area (Å²) in [5, 5.41) is 21.0. The molecule has 0 aliphatic rings. The fourth-order valence-corrected chi connectivity index (χ4v) is 1.90. The van der Waals surface area contributed by atoms with E-state index in [1.807, 2.05) is 24.3 Å². The second-order valence-corrected chi connectivity index (χ2v) is 4.33. The molecule has 0 saturated carbocycles. The Hall–Kier alpha value is -3.71. The van der Waals surface area contributed by atoms with Gasteiger partial charge < -0.3 is 4.98 Å². The third-order valence-electron chi connectivity index (χ3n) is 2.90. The van der Waals surface area contributed by atoms with Crippen LogP contribution in [0.1, 0.15) is 0 Å². The number of hydrogen-bond donors (Lipinski definition) is 2. The number of imidazole rings is 1. The first-order valence-corrected chi connectivity index (χ1v) is 6.35. The quantitative estimate of drug-likeness (QED) is 0.567. The molecule has 0 saturated heterocycles. The smallest absolute Gasteiger partial charge is 0.237 e. The van der Waals surface area contributed by atoms with Crippen molar-refractivity contribution in [2.45, 2.75) is 0 Å². The van der Waals surface area contributed by atoms with Gasteiger partial charge in [0.15, 0.2) is 5.82 Å². The molecule has 3 aromatic rings. The Kier molecular flexibility index (Phi) is 3.46. The van der Waals surface area contributed by atoms with Gasteiger partial charge in [-0.05, 0) is 30.3 Å². The zero-order valence-electron chi connectivity index (χ0n) is 11.3. The lowest BCUT2D eigenvalue weighted by Crippen LogP contribution is -1.96. The number of fused-ring (bicyclic) bond motifs is 1. The lowest BCUT2D eigenvalue weighted by atomic mass is 10.3. The van der Waals surface area contributed by atoms with Crippen LogP contribution in [0.2, 0.25) is 0 Å². The molecule has 0 fully saturated rings. The minimum Gasteiger partial charge on any atom is -0.337 e. The first-order valence-electron chi connectivity index (χ1n) is 6.35. The number of H-pyrrole nitrogens is 1. The molecule has 2 heterocycles. The number of nitrogens with zero attached hydrogens (tertiary/aromatic N) is 5. The topological polar surface area (TPSA) is 114 Å². The lowest BCUT2D eigenvalue weighted by Gasteiger charge is -1.98. The van der Waals surface area contributed by atoms with E-state index in [-0.39, 0.29) is 5.71 Å². The van der Waals surface area contributed by atoms with Crippen LogP contribution in [0.15, 0.2) is 47.7 Å². The maximum absolute atomic E-state index is 8.64. The predicted octanol–water partition coefficient (Wildman–Crippen LogP) is 2.44. The molecule has 0 radical (unpaired) electrons. The van der Waals surface area contributed by atoms with Gasteiger partial charge in [-0.25, -0.2) is 4.98 Å². The van der Waals surface area contributed by atoms with Crippen molar-refractivity contribution < 1.29 is 0 Å². The highest BCUT2D eigenvalue weighted by Gasteiger charge is 2.06. The number of aromatic amines is 1. The second-order valence-electron chi connectivity index (χ2n) is 4.33. The van der Waals surface area contributed by atoms with Crippen molar-refractivity contribution in [3.63, 3.8) is 0 Å². The van der Waals surface area contributed by atoms with Crippen molar-refractivity contribution in [3.8, 4) is 23.7 Å². The minimum absolute atomic E-state index is 0.237. The Morgan fingerprint density at radius 2 is 2.05 bits per heavy atom. The van der Waals surface area contributed by atoms with Crippen LogP contribution in [0.4, 0.5) is 5.69 Å². The fraction of sp³-hybridized carbons (Fsp3) is 0. The van der Waals surface area contributed by atoms with E-state index in [4.69, 9.17) is 10.5 Å². The maximum atomic E-state index is 8.64. The number of aromatic nitrogens is 3. The Bertz CT molecular complexity index is 910. The summed E-state index contributed by atoms with van der Waals surface area (Å²) in [6.45, 7) is 0. The summed E-state index contributed by atoms with van der Waals surface area (Å²) >= 11 is 0. The van der Waals surface area contributed by atoms with Crippen molar-refractivity contribution in [1.82, 2.24) is 15.0 Å². The molecule has 7 nitrogen and oxygen atoms in total. The van der Waals surface area contributed by atoms with Gasteiger partial charge in [0.1, 0.15) is 17.8 Å². The molecule has 0 unspecified atom stereocenters. The summed E-state index contributed by atoms with van der Waals surface area (Å²) in [4.78, 5) is 11.9. The standard InChI is InChI=1S/C15H9N7/c16-8-11(9-17)22-21-10-4-5-12-14(7-10)20-15(19-12)13-3-1-2-6-18-13/h1-7,21H,(H,19,20). The van der Waals surface area contributed by atoms with E-state index in [2.05, 4.69) is 25.5 Å². The highest BCUT2D eigenvalue weighted by Crippen LogP contribution is 2.21. The third-order valence-corrected chi connectivity index (χ3v) is 2.90. The van der Waals surface area contributed by atoms with Crippen molar-refractivity contribution >= 4 is 22.4 Å². The van der Waals surface area contributed by atoms with Crippen LogP contribution in [-0.4, -0.2) is 20.7 Å². The average Bonchev–Trinajstić information content (AvgIpc) is 3.00. The minimum atomic E-state index is -0.237. The number of anilines is 1. The third kappa shape index (κ3) is 2.60. The van der Waals surface area contributed by atoms with Gasteiger partial charge in [-0.3, -0.25) is 10.4 Å². The molecule has 0 aliphatic carbocycles. The molecule has 1 aromatic carbocycles.